The molecule has 0 saturated heterocycles. The molecule has 0 amide bonds. The Hall–Kier alpha value is -0.100. The molecule has 0 aromatic carbocycles. The van der Waals surface area contributed by atoms with Gasteiger partial charge in [0.15, 0.2) is 0 Å². The van der Waals surface area contributed by atoms with Crippen LogP contribution in [0.15, 0.2) is 0 Å². The van der Waals surface area contributed by atoms with Crippen LogP contribution in [-0.2, 0) is 9.53 Å². The molecule has 0 rings (SSSR count). The van der Waals surface area contributed by atoms with E-state index < -0.39 is 7.26 Å². The molecule has 0 aromatic rings. The molecule has 0 N–H and O–H groups in total. The molecule has 0 aliphatic carbocycles. The molecule has 0 spiro atoms. The second-order valence-corrected chi connectivity index (χ2v) is 8.79. The Kier molecular flexibility index (Phi) is 3.13. The van der Waals surface area contributed by atoms with Crippen LogP contribution in [0.5, 0.6) is 0 Å². The monoisotopic (exact) mass is 150 g/mol. The van der Waals surface area contributed by atoms with Gasteiger partial charge in [-0.3, -0.25) is 0 Å². The van der Waals surface area contributed by atoms with Crippen LogP contribution in [-0.4, -0.2) is 39.2 Å². The van der Waals surface area contributed by atoms with Gasteiger partial charge in [0.2, 0.25) is 0 Å². The molecule has 0 radical (unpaired) electrons. The second kappa shape index (κ2) is 3.17. The van der Waals surface area contributed by atoms with Crippen LogP contribution in [0.25, 0.3) is 0 Å². The van der Waals surface area contributed by atoms with Crippen molar-refractivity contribution in [3.8, 4) is 0 Å². The third-order valence-corrected chi connectivity index (χ3v) is 2.25. The van der Waals surface area contributed by atoms with Crippen LogP contribution >= 0.6 is 7.26 Å². The first-order valence-electron chi connectivity index (χ1n) is 3.02. The Morgan fingerprint density at radius 2 is 1.89 bits per heavy atom. The quantitative estimate of drug-likeness (QED) is 0.430. The number of ether oxygens (including phenoxy) is 1. The molecular weight excluding hydrogens is 135 g/mol. The van der Waals surface area contributed by atoms with Gasteiger partial charge in [-0.2, -0.15) is 0 Å². The normalized spacial score (nSPS) is 12.9. The first kappa shape index (κ1) is 8.90. The summed E-state index contributed by atoms with van der Waals surface area (Å²) in [5, 5.41) is 0. The van der Waals surface area contributed by atoms with Crippen LogP contribution in [0.2, 0.25) is 0 Å². The van der Waals surface area contributed by atoms with Crippen LogP contribution in [0, 0.1) is 0 Å². The van der Waals surface area contributed by atoms with Crippen LogP contribution < -0.4 is 0 Å². The van der Waals surface area contributed by atoms with Crippen molar-refractivity contribution in [2.24, 2.45) is 0 Å². The number of carbonyl (C=O) groups is 1. The van der Waals surface area contributed by atoms with E-state index in [2.05, 4.69) is 24.7 Å². The van der Waals surface area contributed by atoms with Crippen molar-refractivity contribution < 1.29 is 9.53 Å². The number of carbonyl (C=O) groups excluding carboxylic acids is 1. The van der Waals surface area contributed by atoms with Gasteiger partial charge in [0, 0.05) is 0 Å². The minimum atomic E-state index is -1.22. The SMILES string of the molecule is COC(=O)C[PH](C)(C)C. The molecule has 0 atom stereocenters. The maximum atomic E-state index is 10.6. The first-order valence-corrected chi connectivity index (χ1v) is 6.73. The van der Waals surface area contributed by atoms with Crippen LogP contribution in [0.1, 0.15) is 0 Å². The Morgan fingerprint density at radius 1 is 1.44 bits per heavy atom. The number of hydrogen-bond donors (Lipinski definition) is 0. The van der Waals surface area contributed by atoms with Crippen molar-refractivity contribution in [1.82, 2.24) is 0 Å². The fourth-order valence-electron chi connectivity index (χ4n) is 0.505. The van der Waals surface area contributed by atoms with Crippen molar-refractivity contribution in [1.29, 1.82) is 0 Å². The van der Waals surface area contributed by atoms with E-state index in [-0.39, 0.29) is 5.97 Å². The van der Waals surface area contributed by atoms with E-state index in [1.165, 1.54) is 7.11 Å². The molecule has 0 saturated carbocycles. The van der Waals surface area contributed by atoms with E-state index in [4.69, 9.17) is 0 Å². The van der Waals surface area contributed by atoms with Crippen LogP contribution in [0.4, 0.5) is 0 Å². The average molecular weight is 150 g/mol. The van der Waals surface area contributed by atoms with Gasteiger partial charge in [-0.25, -0.2) is 0 Å². The maximum absolute atomic E-state index is 10.6. The van der Waals surface area contributed by atoms with Gasteiger partial charge in [0.05, 0.1) is 0 Å². The Balaban J connectivity index is 3.60. The van der Waals surface area contributed by atoms with Crippen molar-refractivity contribution >= 4 is 13.2 Å². The summed E-state index contributed by atoms with van der Waals surface area (Å²) in [7, 11) is 0.217. The standard InChI is InChI=1S/C6H15O2P/c1-8-6(7)5-9(2,3)4/h9H,5H2,1-4H3. The second-order valence-electron chi connectivity index (χ2n) is 3.31. The van der Waals surface area contributed by atoms with Crippen molar-refractivity contribution in [3.05, 3.63) is 0 Å². The van der Waals surface area contributed by atoms with Gasteiger partial charge in [-0.15, -0.1) is 0 Å². The summed E-state index contributed by atoms with van der Waals surface area (Å²) in [6, 6.07) is 0. The summed E-state index contributed by atoms with van der Waals surface area (Å²) < 4.78 is 4.52. The fraction of sp³-hybridized carbons (Fsp3) is 0.833. The Bertz CT molecular complexity index is 104. The molecule has 0 aliphatic rings. The number of rotatable bonds is 2. The topological polar surface area (TPSA) is 26.3 Å². The summed E-state index contributed by atoms with van der Waals surface area (Å²) in [4.78, 5) is 10.6. The molecule has 0 unspecified atom stereocenters. The zero-order valence-electron chi connectivity index (χ0n) is 6.52. The third-order valence-electron chi connectivity index (χ3n) is 0.902. The zero-order chi connectivity index (χ0) is 7.49. The fourth-order valence-corrected chi connectivity index (χ4v) is 1.52. The molecule has 3 heteroatoms. The van der Waals surface area contributed by atoms with E-state index in [1.807, 2.05) is 0 Å². The van der Waals surface area contributed by atoms with Crippen LogP contribution in [0.3, 0.4) is 0 Å². The third kappa shape index (κ3) is 5.78. The van der Waals surface area contributed by atoms with Gasteiger partial charge < -0.3 is 0 Å². The average Bonchev–Trinajstić information content (AvgIpc) is 1.62. The molecule has 0 heterocycles. The molecule has 0 fully saturated rings. The first-order chi connectivity index (χ1) is 3.95. The van der Waals surface area contributed by atoms with E-state index in [0.717, 1.165) is 0 Å². The molecule has 9 heavy (non-hydrogen) atoms. The molecule has 2 nitrogen and oxygen atoms in total. The molecule has 56 valence electrons. The summed E-state index contributed by atoms with van der Waals surface area (Å²) in [5.41, 5.74) is 0. The molecular formula is C6H15O2P. The van der Waals surface area contributed by atoms with E-state index in [9.17, 15) is 4.79 Å². The summed E-state index contributed by atoms with van der Waals surface area (Å²) in [6.45, 7) is 6.43. The van der Waals surface area contributed by atoms with Crippen molar-refractivity contribution in [2.75, 3.05) is 33.3 Å². The van der Waals surface area contributed by atoms with E-state index in [1.54, 1.807) is 0 Å². The van der Waals surface area contributed by atoms with E-state index >= 15 is 0 Å². The minimum absolute atomic E-state index is 0.0748. The molecule has 0 bridgehead atoms. The summed E-state index contributed by atoms with van der Waals surface area (Å²) in [6.07, 6.45) is 0.628. The molecule has 0 aliphatic heterocycles. The Morgan fingerprint density at radius 3 is 2.00 bits per heavy atom. The summed E-state index contributed by atoms with van der Waals surface area (Å²) in [5.74, 6) is -0.0748. The zero-order valence-corrected chi connectivity index (χ0v) is 7.52. The predicted octanol–water partition coefficient (Wildman–Crippen LogP) is 0.799. The summed E-state index contributed by atoms with van der Waals surface area (Å²) >= 11 is 0. The molecule has 0 aromatic heterocycles. The van der Waals surface area contributed by atoms with Gasteiger partial charge in [0.25, 0.3) is 0 Å². The van der Waals surface area contributed by atoms with Gasteiger partial charge in [-0.05, 0) is 0 Å². The number of esters is 1. The van der Waals surface area contributed by atoms with Gasteiger partial charge >= 0.3 is 56.0 Å². The van der Waals surface area contributed by atoms with Gasteiger partial charge in [0.1, 0.15) is 0 Å². The van der Waals surface area contributed by atoms with Gasteiger partial charge in [-0.1, -0.05) is 0 Å². The van der Waals surface area contributed by atoms with E-state index in [0.29, 0.717) is 6.16 Å². The predicted molar refractivity (Wildman–Crippen MR) is 43.0 cm³/mol. The van der Waals surface area contributed by atoms with Crippen molar-refractivity contribution in [3.63, 3.8) is 0 Å². The number of hydrogen-bond acceptors (Lipinski definition) is 2. The number of methoxy groups -OCH3 is 1. The van der Waals surface area contributed by atoms with Crippen molar-refractivity contribution in [2.45, 2.75) is 0 Å². The Labute approximate surface area is 56.9 Å².